The van der Waals surface area contributed by atoms with Crippen molar-refractivity contribution in [2.75, 3.05) is 7.05 Å². The second-order valence-electron chi connectivity index (χ2n) is 4.39. The monoisotopic (exact) mass is 263 g/mol. The average molecular weight is 263 g/mol. The second kappa shape index (κ2) is 7.41. The highest BCUT2D eigenvalue weighted by Gasteiger charge is 2.21. The molecule has 5 nitrogen and oxygen atoms in total. The van der Waals surface area contributed by atoms with Gasteiger partial charge in [-0.3, -0.25) is 4.79 Å². The Labute approximate surface area is 113 Å². The zero-order valence-corrected chi connectivity index (χ0v) is 11.6. The molecule has 1 rings (SSSR count). The van der Waals surface area contributed by atoms with Crippen LogP contribution in [0.5, 0.6) is 0 Å². The van der Waals surface area contributed by atoms with Gasteiger partial charge in [-0.15, -0.1) is 0 Å². The van der Waals surface area contributed by atoms with E-state index in [0.717, 1.165) is 12.0 Å². The van der Waals surface area contributed by atoms with Crippen molar-refractivity contribution in [1.82, 2.24) is 16.0 Å². The maximum atomic E-state index is 11.8. The Morgan fingerprint density at radius 1 is 1.16 bits per heavy atom. The second-order valence-corrected chi connectivity index (χ2v) is 4.39. The molecule has 0 saturated carbocycles. The highest BCUT2D eigenvalue weighted by Crippen LogP contribution is 2.12. The molecule has 0 bridgehead atoms. The Hall–Kier alpha value is -2.04. The molecular weight excluding hydrogens is 242 g/mol. The number of carbonyl (C=O) groups is 2. The van der Waals surface area contributed by atoms with Crippen LogP contribution in [0, 0.1) is 0 Å². The number of nitrogens with one attached hydrogen (secondary N) is 3. The van der Waals surface area contributed by atoms with E-state index in [4.69, 9.17) is 0 Å². The molecule has 0 radical (unpaired) electrons. The quantitative estimate of drug-likeness (QED) is 0.754. The molecule has 0 aromatic heterocycles. The SMILES string of the molecule is CC[C@@H](C)NC(=O)N[C@@H](C(=O)NC)c1ccccc1. The molecule has 19 heavy (non-hydrogen) atoms. The van der Waals surface area contributed by atoms with Crippen molar-refractivity contribution in [2.24, 2.45) is 0 Å². The highest BCUT2D eigenvalue weighted by atomic mass is 16.2. The molecule has 3 amide bonds. The fourth-order valence-electron chi connectivity index (χ4n) is 1.59. The lowest BCUT2D eigenvalue weighted by molar-refractivity contribution is -0.122. The minimum absolute atomic E-state index is 0.0705. The molecule has 0 fully saturated rings. The summed E-state index contributed by atoms with van der Waals surface area (Å²) >= 11 is 0. The lowest BCUT2D eigenvalue weighted by atomic mass is 10.1. The summed E-state index contributed by atoms with van der Waals surface area (Å²) in [6.45, 7) is 3.90. The third kappa shape index (κ3) is 4.62. The van der Waals surface area contributed by atoms with Crippen LogP contribution in [0.4, 0.5) is 4.79 Å². The van der Waals surface area contributed by atoms with Crippen LogP contribution in [-0.4, -0.2) is 25.0 Å². The predicted molar refractivity (Wildman–Crippen MR) is 74.7 cm³/mol. The van der Waals surface area contributed by atoms with Crippen molar-refractivity contribution in [1.29, 1.82) is 0 Å². The fraction of sp³-hybridized carbons (Fsp3) is 0.429. The summed E-state index contributed by atoms with van der Waals surface area (Å²) in [6.07, 6.45) is 0.837. The molecule has 0 spiro atoms. The van der Waals surface area contributed by atoms with Crippen LogP contribution < -0.4 is 16.0 Å². The van der Waals surface area contributed by atoms with E-state index in [2.05, 4.69) is 16.0 Å². The van der Waals surface area contributed by atoms with Gasteiger partial charge in [0, 0.05) is 13.1 Å². The van der Waals surface area contributed by atoms with Crippen LogP contribution in [0.2, 0.25) is 0 Å². The first-order valence-electron chi connectivity index (χ1n) is 6.42. The normalized spacial score (nSPS) is 13.2. The van der Waals surface area contributed by atoms with Crippen LogP contribution in [0.25, 0.3) is 0 Å². The largest absolute Gasteiger partial charge is 0.357 e. The summed E-state index contributed by atoms with van der Waals surface area (Å²) in [5.74, 6) is -0.245. The fourth-order valence-corrected chi connectivity index (χ4v) is 1.59. The molecular formula is C14H21N3O2. The maximum absolute atomic E-state index is 11.8. The summed E-state index contributed by atoms with van der Waals surface area (Å²) in [7, 11) is 1.55. The van der Waals surface area contributed by atoms with Crippen LogP contribution in [0.15, 0.2) is 30.3 Å². The first kappa shape index (κ1) is 15.0. The first-order valence-corrected chi connectivity index (χ1v) is 6.42. The number of rotatable bonds is 5. The van der Waals surface area contributed by atoms with Gasteiger partial charge in [-0.05, 0) is 18.9 Å². The van der Waals surface area contributed by atoms with Crippen LogP contribution in [-0.2, 0) is 4.79 Å². The van der Waals surface area contributed by atoms with Crippen molar-refractivity contribution in [3.63, 3.8) is 0 Å². The summed E-state index contributed by atoms with van der Waals surface area (Å²) in [6, 6.07) is 8.19. The molecule has 0 saturated heterocycles. The number of hydrogen-bond acceptors (Lipinski definition) is 2. The van der Waals surface area contributed by atoms with Crippen molar-refractivity contribution in [3.8, 4) is 0 Å². The molecule has 104 valence electrons. The van der Waals surface area contributed by atoms with E-state index in [9.17, 15) is 9.59 Å². The predicted octanol–water partition coefficient (Wildman–Crippen LogP) is 1.57. The third-order valence-electron chi connectivity index (χ3n) is 2.91. The van der Waals surface area contributed by atoms with Crippen molar-refractivity contribution >= 4 is 11.9 Å². The van der Waals surface area contributed by atoms with Gasteiger partial charge >= 0.3 is 6.03 Å². The van der Waals surface area contributed by atoms with E-state index in [0.29, 0.717) is 0 Å². The number of carbonyl (C=O) groups excluding carboxylic acids is 2. The lowest BCUT2D eigenvalue weighted by Gasteiger charge is -2.19. The Bertz CT molecular complexity index is 420. The van der Waals surface area contributed by atoms with Crippen LogP contribution in [0.1, 0.15) is 31.9 Å². The summed E-state index contributed by atoms with van der Waals surface area (Å²) in [4.78, 5) is 23.7. The number of urea groups is 1. The summed E-state index contributed by atoms with van der Waals surface area (Å²) in [5.41, 5.74) is 0.751. The molecule has 3 N–H and O–H groups in total. The van der Waals surface area contributed by atoms with Gasteiger partial charge in [-0.1, -0.05) is 37.3 Å². The molecule has 0 aliphatic rings. The lowest BCUT2D eigenvalue weighted by Crippen LogP contribution is -2.46. The number of likely N-dealkylation sites (N-methyl/N-ethyl adjacent to an activating group) is 1. The van der Waals surface area contributed by atoms with Gasteiger partial charge in [0.2, 0.25) is 5.91 Å². The minimum atomic E-state index is -0.685. The Kier molecular flexibility index (Phi) is 5.85. The van der Waals surface area contributed by atoms with Crippen molar-refractivity contribution in [2.45, 2.75) is 32.4 Å². The van der Waals surface area contributed by atoms with E-state index in [1.165, 1.54) is 0 Å². The van der Waals surface area contributed by atoms with Gasteiger partial charge in [0.05, 0.1) is 0 Å². The molecule has 0 heterocycles. The first-order chi connectivity index (χ1) is 9.08. The van der Waals surface area contributed by atoms with Crippen molar-refractivity contribution in [3.05, 3.63) is 35.9 Å². The van der Waals surface area contributed by atoms with Crippen LogP contribution in [0.3, 0.4) is 0 Å². The number of hydrogen-bond donors (Lipinski definition) is 3. The molecule has 2 atom stereocenters. The molecule has 1 aromatic carbocycles. The molecule has 0 unspecified atom stereocenters. The zero-order chi connectivity index (χ0) is 14.3. The Morgan fingerprint density at radius 3 is 2.32 bits per heavy atom. The van der Waals surface area contributed by atoms with Gasteiger partial charge in [-0.2, -0.15) is 0 Å². The number of amides is 3. The standard InChI is InChI=1S/C14H21N3O2/c1-4-10(2)16-14(19)17-12(13(18)15-3)11-8-6-5-7-9-11/h5-10,12H,4H2,1-3H3,(H,15,18)(H2,16,17,19)/t10-,12-/m1/s1. The summed E-state index contributed by atoms with van der Waals surface area (Å²) in [5, 5.41) is 8.02. The summed E-state index contributed by atoms with van der Waals surface area (Å²) < 4.78 is 0. The van der Waals surface area contributed by atoms with E-state index in [1.807, 2.05) is 44.2 Å². The average Bonchev–Trinajstić information content (AvgIpc) is 2.44. The maximum Gasteiger partial charge on any atom is 0.315 e. The smallest absolute Gasteiger partial charge is 0.315 e. The molecule has 5 heteroatoms. The van der Waals surface area contributed by atoms with E-state index in [1.54, 1.807) is 7.05 Å². The van der Waals surface area contributed by atoms with Gasteiger partial charge in [-0.25, -0.2) is 4.79 Å². The van der Waals surface area contributed by atoms with Gasteiger partial charge in [0.1, 0.15) is 6.04 Å². The van der Waals surface area contributed by atoms with E-state index < -0.39 is 6.04 Å². The van der Waals surface area contributed by atoms with Gasteiger partial charge < -0.3 is 16.0 Å². The molecule has 1 aromatic rings. The van der Waals surface area contributed by atoms with E-state index >= 15 is 0 Å². The van der Waals surface area contributed by atoms with Gasteiger partial charge in [0.25, 0.3) is 0 Å². The third-order valence-corrected chi connectivity index (χ3v) is 2.91. The Balaban J connectivity index is 2.77. The minimum Gasteiger partial charge on any atom is -0.357 e. The molecule has 0 aliphatic carbocycles. The van der Waals surface area contributed by atoms with Crippen LogP contribution >= 0.6 is 0 Å². The van der Waals surface area contributed by atoms with Gasteiger partial charge in [0.15, 0.2) is 0 Å². The van der Waals surface area contributed by atoms with E-state index in [-0.39, 0.29) is 18.0 Å². The highest BCUT2D eigenvalue weighted by molar-refractivity contribution is 5.88. The number of benzene rings is 1. The molecule has 0 aliphatic heterocycles. The zero-order valence-electron chi connectivity index (χ0n) is 11.6. The van der Waals surface area contributed by atoms with Crippen molar-refractivity contribution < 1.29 is 9.59 Å². The topological polar surface area (TPSA) is 70.2 Å². The Morgan fingerprint density at radius 2 is 1.79 bits per heavy atom.